The molecule has 0 radical (unpaired) electrons. The molecule has 0 saturated carbocycles. The number of hydrogen-bond donors (Lipinski definition) is 3. The number of nitrogens with one attached hydrogen (secondary N) is 2. The van der Waals surface area contributed by atoms with Gasteiger partial charge < -0.3 is 15.7 Å². The Morgan fingerprint density at radius 3 is 2.81 bits per heavy atom. The highest BCUT2D eigenvalue weighted by atomic mass is 16.4. The Kier molecular flexibility index (Phi) is 5.25. The first kappa shape index (κ1) is 13.0. The first-order valence-electron chi connectivity index (χ1n) is 5.89. The molecule has 92 valence electrons. The molecule has 1 aliphatic rings. The van der Waals surface area contributed by atoms with E-state index in [0.717, 1.165) is 25.8 Å². The second-order valence-corrected chi connectivity index (χ2v) is 4.23. The fraction of sp³-hybridized carbons (Fsp3) is 0.818. The molecule has 1 rings (SSSR count). The smallest absolute Gasteiger partial charge is 0.326 e. The van der Waals surface area contributed by atoms with Crippen LogP contribution in [0.2, 0.25) is 0 Å². The van der Waals surface area contributed by atoms with Crippen molar-refractivity contribution < 1.29 is 14.7 Å². The molecule has 5 nitrogen and oxygen atoms in total. The summed E-state index contributed by atoms with van der Waals surface area (Å²) in [5.74, 6) is -1.15. The van der Waals surface area contributed by atoms with Gasteiger partial charge in [0, 0.05) is 6.54 Å². The molecule has 1 heterocycles. The number of carbonyl (C=O) groups is 2. The second-order valence-electron chi connectivity index (χ2n) is 4.23. The quantitative estimate of drug-likeness (QED) is 0.634. The maximum absolute atomic E-state index is 11.8. The Balaban J connectivity index is 2.43. The van der Waals surface area contributed by atoms with Gasteiger partial charge in [-0.25, -0.2) is 4.79 Å². The van der Waals surface area contributed by atoms with E-state index in [0.29, 0.717) is 13.0 Å². The van der Waals surface area contributed by atoms with Gasteiger partial charge in [-0.2, -0.15) is 0 Å². The van der Waals surface area contributed by atoms with Crippen molar-refractivity contribution >= 4 is 11.9 Å². The van der Waals surface area contributed by atoms with Crippen LogP contribution in [0.4, 0.5) is 0 Å². The van der Waals surface area contributed by atoms with E-state index in [1.54, 1.807) is 0 Å². The molecule has 16 heavy (non-hydrogen) atoms. The second kappa shape index (κ2) is 6.48. The van der Waals surface area contributed by atoms with Crippen LogP contribution in [-0.4, -0.2) is 36.1 Å². The Morgan fingerprint density at radius 2 is 2.31 bits per heavy atom. The van der Waals surface area contributed by atoms with Crippen LogP contribution in [0.1, 0.15) is 32.6 Å². The number of carboxylic acid groups (broad SMARTS) is 1. The summed E-state index contributed by atoms with van der Waals surface area (Å²) in [7, 11) is 0. The highest BCUT2D eigenvalue weighted by molar-refractivity contribution is 5.85. The largest absolute Gasteiger partial charge is 0.480 e. The fourth-order valence-corrected chi connectivity index (χ4v) is 1.91. The Morgan fingerprint density at radius 1 is 1.56 bits per heavy atom. The van der Waals surface area contributed by atoms with Crippen LogP contribution in [-0.2, 0) is 9.59 Å². The number of aliphatic carboxylic acids is 1. The van der Waals surface area contributed by atoms with Crippen LogP contribution in [0.15, 0.2) is 0 Å². The van der Waals surface area contributed by atoms with E-state index in [9.17, 15) is 9.59 Å². The van der Waals surface area contributed by atoms with Crippen molar-refractivity contribution in [1.29, 1.82) is 0 Å². The van der Waals surface area contributed by atoms with Crippen LogP contribution in [0.3, 0.4) is 0 Å². The molecular weight excluding hydrogens is 208 g/mol. The number of rotatable bonds is 5. The molecule has 1 amide bonds. The SMILES string of the molecule is CCC[C@H](NC(=O)C1CCCNC1)C(=O)O. The van der Waals surface area contributed by atoms with E-state index >= 15 is 0 Å². The van der Waals surface area contributed by atoms with E-state index in [-0.39, 0.29) is 11.8 Å². The predicted octanol–water partition coefficient (Wildman–Crippen LogP) is 0.356. The number of hydrogen-bond acceptors (Lipinski definition) is 3. The van der Waals surface area contributed by atoms with Gasteiger partial charge in [0.1, 0.15) is 6.04 Å². The lowest BCUT2D eigenvalue weighted by molar-refractivity contribution is -0.142. The van der Waals surface area contributed by atoms with Crippen molar-refractivity contribution in [1.82, 2.24) is 10.6 Å². The zero-order valence-electron chi connectivity index (χ0n) is 9.66. The molecule has 1 saturated heterocycles. The molecule has 2 atom stereocenters. The standard InChI is InChI=1S/C11H20N2O3/c1-2-4-9(11(15)16)13-10(14)8-5-3-6-12-7-8/h8-9,12H,2-7H2,1H3,(H,13,14)(H,15,16)/t8?,9-/m0/s1. The van der Waals surface area contributed by atoms with E-state index in [1.807, 2.05) is 6.92 Å². The molecule has 3 N–H and O–H groups in total. The third-order valence-electron chi connectivity index (χ3n) is 2.86. The van der Waals surface area contributed by atoms with Crippen LogP contribution >= 0.6 is 0 Å². The topological polar surface area (TPSA) is 78.4 Å². The maximum Gasteiger partial charge on any atom is 0.326 e. The average Bonchev–Trinajstić information content (AvgIpc) is 2.29. The van der Waals surface area contributed by atoms with Gasteiger partial charge in [-0.05, 0) is 25.8 Å². The van der Waals surface area contributed by atoms with E-state index in [1.165, 1.54) is 0 Å². The molecule has 1 unspecified atom stereocenters. The summed E-state index contributed by atoms with van der Waals surface area (Å²) >= 11 is 0. The molecule has 0 bridgehead atoms. The highest BCUT2D eigenvalue weighted by Crippen LogP contribution is 2.10. The predicted molar refractivity (Wildman–Crippen MR) is 60.1 cm³/mol. The van der Waals surface area contributed by atoms with Crippen molar-refractivity contribution in [3.05, 3.63) is 0 Å². The van der Waals surface area contributed by atoms with Gasteiger partial charge in [-0.3, -0.25) is 4.79 Å². The van der Waals surface area contributed by atoms with E-state index in [4.69, 9.17) is 5.11 Å². The average molecular weight is 228 g/mol. The summed E-state index contributed by atoms with van der Waals surface area (Å²) in [5.41, 5.74) is 0. The number of piperidine rings is 1. The minimum atomic E-state index is -0.945. The van der Waals surface area contributed by atoms with Crippen molar-refractivity contribution in [3.8, 4) is 0 Å². The summed E-state index contributed by atoms with van der Waals surface area (Å²) in [6.45, 7) is 3.51. The minimum absolute atomic E-state index is 0.0764. The van der Waals surface area contributed by atoms with Crippen LogP contribution in [0.25, 0.3) is 0 Å². The lowest BCUT2D eigenvalue weighted by atomic mass is 9.98. The fourth-order valence-electron chi connectivity index (χ4n) is 1.91. The molecule has 0 aromatic heterocycles. The van der Waals surface area contributed by atoms with Gasteiger partial charge in [0.15, 0.2) is 0 Å². The van der Waals surface area contributed by atoms with Gasteiger partial charge in [-0.15, -0.1) is 0 Å². The van der Waals surface area contributed by atoms with Gasteiger partial charge >= 0.3 is 5.97 Å². The Labute approximate surface area is 95.6 Å². The Hall–Kier alpha value is -1.10. The first-order chi connectivity index (χ1) is 7.65. The molecule has 5 heteroatoms. The number of carboxylic acids is 1. The third-order valence-corrected chi connectivity index (χ3v) is 2.86. The zero-order chi connectivity index (χ0) is 12.0. The molecule has 1 fully saturated rings. The minimum Gasteiger partial charge on any atom is -0.480 e. The molecule has 0 aliphatic carbocycles. The summed E-state index contributed by atoms with van der Waals surface area (Å²) in [6, 6.07) is -0.737. The molecule has 0 aromatic carbocycles. The monoisotopic (exact) mass is 228 g/mol. The normalized spacial score (nSPS) is 22.4. The van der Waals surface area contributed by atoms with Gasteiger partial charge in [0.25, 0.3) is 0 Å². The summed E-state index contributed by atoms with van der Waals surface area (Å²) in [4.78, 5) is 22.7. The van der Waals surface area contributed by atoms with Gasteiger partial charge in [0.2, 0.25) is 5.91 Å². The third kappa shape index (κ3) is 3.81. The number of amides is 1. The Bertz CT molecular complexity index is 250. The summed E-state index contributed by atoms with van der Waals surface area (Å²) in [5, 5.41) is 14.7. The van der Waals surface area contributed by atoms with Gasteiger partial charge in [-0.1, -0.05) is 13.3 Å². The van der Waals surface area contributed by atoms with Crippen molar-refractivity contribution in [2.24, 2.45) is 5.92 Å². The molecular formula is C11H20N2O3. The van der Waals surface area contributed by atoms with Crippen molar-refractivity contribution in [2.75, 3.05) is 13.1 Å². The van der Waals surface area contributed by atoms with Crippen LogP contribution in [0, 0.1) is 5.92 Å². The lowest BCUT2D eigenvalue weighted by Crippen LogP contribution is -2.47. The van der Waals surface area contributed by atoms with Crippen LogP contribution < -0.4 is 10.6 Å². The first-order valence-corrected chi connectivity index (χ1v) is 5.89. The lowest BCUT2D eigenvalue weighted by Gasteiger charge is -2.23. The van der Waals surface area contributed by atoms with Crippen molar-refractivity contribution in [2.45, 2.75) is 38.6 Å². The molecule has 1 aliphatic heterocycles. The summed E-state index contributed by atoms with van der Waals surface area (Å²) in [6.07, 6.45) is 3.06. The number of carbonyl (C=O) groups excluding carboxylic acids is 1. The van der Waals surface area contributed by atoms with E-state index in [2.05, 4.69) is 10.6 Å². The molecule has 0 spiro atoms. The molecule has 0 aromatic rings. The zero-order valence-corrected chi connectivity index (χ0v) is 9.66. The van der Waals surface area contributed by atoms with Gasteiger partial charge in [0.05, 0.1) is 5.92 Å². The highest BCUT2D eigenvalue weighted by Gasteiger charge is 2.25. The van der Waals surface area contributed by atoms with Crippen LogP contribution in [0.5, 0.6) is 0 Å². The maximum atomic E-state index is 11.8. The summed E-state index contributed by atoms with van der Waals surface area (Å²) < 4.78 is 0. The van der Waals surface area contributed by atoms with E-state index < -0.39 is 12.0 Å². The van der Waals surface area contributed by atoms with Crippen molar-refractivity contribution in [3.63, 3.8) is 0 Å².